The van der Waals surface area contributed by atoms with Crippen LogP contribution in [0.4, 0.5) is 0 Å². The summed E-state index contributed by atoms with van der Waals surface area (Å²) >= 11 is 0. The van der Waals surface area contributed by atoms with Crippen LogP contribution in [0, 0.1) is 13.8 Å². The van der Waals surface area contributed by atoms with Gasteiger partial charge >= 0.3 is 5.97 Å². The smallest absolute Gasteiger partial charge is 0.358 e. The van der Waals surface area contributed by atoms with E-state index in [-0.39, 0.29) is 18.2 Å². The molecule has 0 aliphatic carbocycles. The highest BCUT2D eigenvalue weighted by Crippen LogP contribution is 2.27. The van der Waals surface area contributed by atoms with E-state index in [1.807, 2.05) is 62.4 Å². The summed E-state index contributed by atoms with van der Waals surface area (Å²) in [6, 6.07) is 17.2. The van der Waals surface area contributed by atoms with E-state index in [1.54, 1.807) is 17.7 Å². The first-order valence-corrected chi connectivity index (χ1v) is 9.31. The van der Waals surface area contributed by atoms with Crippen molar-refractivity contribution in [2.75, 3.05) is 6.61 Å². The fraction of sp³-hybridized carbons (Fsp3) is 0.182. The molecular formula is C22H20N4O3. The van der Waals surface area contributed by atoms with Gasteiger partial charge in [0.05, 0.1) is 12.3 Å². The molecule has 146 valence electrons. The van der Waals surface area contributed by atoms with Crippen LogP contribution in [0.2, 0.25) is 0 Å². The number of para-hydroxylation sites is 1. The monoisotopic (exact) mass is 388 g/mol. The number of hydrogen-bond donors (Lipinski definition) is 0. The highest BCUT2D eigenvalue weighted by molar-refractivity contribution is 5.88. The van der Waals surface area contributed by atoms with Gasteiger partial charge in [-0.15, -0.1) is 0 Å². The summed E-state index contributed by atoms with van der Waals surface area (Å²) in [4.78, 5) is 16.8. The fourth-order valence-corrected chi connectivity index (χ4v) is 3.05. The third kappa shape index (κ3) is 3.67. The number of carbonyl (C=O) groups excluding carboxylic acids is 1. The predicted molar refractivity (Wildman–Crippen MR) is 108 cm³/mol. The number of aromatic nitrogens is 4. The van der Waals surface area contributed by atoms with Crippen molar-refractivity contribution in [2.24, 2.45) is 0 Å². The Kier molecular flexibility index (Phi) is 4.95. The first kappa shape index (κ1) is 18.6. The zero-order chi connectivity index (χ0) is 20.4. The molecule has 0 saturated carbocycles. The lowest BCUT2D eigenvalue weighted by atomic mass is 10.1. The average Bonchev–Trinajstić information content (AvgIpc) is 3.36. The normalized spacial score (nSPS) is 10.9. The SMILES string of the molecule is CCOC(=O)c1cc(-c2nc(-c3cccc(C)c3)no2)n(-c2ccccc2C)n1. The number of nitrogens with zero attached hydrogens (tertiary/aromatic N) is 4. The van der Waals surface area contributed by atoms with Gasteiger partial charge in [-0.1, -0.05) is 47.1 Å². The first-order valence-electron chi connectivity index (χ1n) is 9.31. The minimum atomic E-state index is -0.500. The maximum atomic E-state index is 12.3. The van der Waals surface area contributed by atoms with Crippen LogP contribution in [0.3, 0.4) is 0 Å². The van der Waals surface area contributed by atoms with Gasteiger partial charge in [-0.05, 0) is 38.5 Å². The minimum Gasteiger partial charge on any atom is -0.461 e. The Morgan fingerprint density at radius 3 is 2.69 bits per heavy atom. The molecule has 7 nitrogen and oxygen atoms in total. The number of esters is 1. The van der Waals surface area contributed by atoms with Crippen LogP contribution in [0.5, 0.6) is 0 Å². The summed E-state index contributed by atoms with van der Waals surface area (Å²) in [5.41, 5.74) is 4.46. The summed E-state index contributed by atoms with van der Waals surface area (Å²) in [6.07, 6.45) is 0. The molecule has 0 amide bonds. The number of ether oxygens (including phenoxy) is 1. The quantitative estimate of drug-likeness (QED) is 0.472. The summed E-state index contributed by atoms with van der Waals surface area (Å²) in [5, 5.41) is 8.55. The number of benzene rings is 2. The lowest BCUT2D eigenvalue weighted by Crippen LogP contribution is -2.07. The van der Waals surface area contributed by atoms with Crippen LogP contribution in [-0.2, 0) is 4.74 Å². The zero-order valence-electron chi connectivity index (χ0n) is 16.4. The second kappa shape index (κ2) is 7.71. The molecule has 4 aromatic rings. The molecule has 2 heterocycles. The van der Waals surface area contributed by atoms with E-state index in [0.717, 1.165) is 22.4 Å². The van der Waals surface area contributed by atoms with Gasteiger partial charge in [0.1, 0.15) is 5.69 Å². The third-order valence-electron chi connectivity index (χ3n) is 4.46. The zero-order valence-corrected chi connectivity index (χ0v) is 16.4. The first-order chi connectivity index (χ1) is 14.1. The molecule has 0 aliphatic heterocycles. The molecule has 0 fully saturated rings. The van der Waals surface area contributed by atoms with Crippen LogP contribution in [0.25, 0.3) is 28.7 Å². The minimum absolute atomic E-state index is 0.181. The van der Waals surface area contributed by atoms with E-state index in [0.29, 0.717) is 11.5 Å². The van der Waals surface area contributed by atoms with Crippen LogP contribution in [0.15, 0.2) is 59.1 Å². The predicted octanol–water partition coefficient (Wildman–Crippen LogP) is 4.38. The highest BCUT2D eigenvalue weighted by atomic mass is 16.5. The Bertz CT molecular complexity index is 1180. The van der Waals surface area contributed by atoms with Crippen molar-refractivity contribution >= 4 is 5.97 Å². The van der Waals surface area contributed by atoms with Gasteiger partial charge < -0.3 is 9.26 Å². The van der Waals surface area contributed by atoms with Gasteiger partial charge in [-0.3, -0.25) is 0 Å². The van der Waals surface area contributed by atoms with E-state index in [1.165, 1.54) is 0 Å². The molecule has 0 unspecified atom stereocenters. The number of hydrogen-bond acceptors (Lipinski definition) is 6. The topological polar surface area (TPSA) is 83.0 Å². The summed E-state index contributed by atoms with van der Waals surface area (Å²) in [6.45, 7) is 5.99. The summed E-state index contributed by atoms with van der Waals surface area (Å²) < 4.78 is 12.3. The molecule has 0 N–H and O–H groups in total. The van der Waals surface area contributed by atoms with Crippen molar-refractivity contribution in [1.82, 2.24) is 19.9 Å². The van der Waals surface area contributed by atoms with Gasteiger partial charge in [-0.2, -0.15) is 10.1 Å². The Morgan fingerprint density at radius 2 is 1.93 bits per heavy atom. The largest absolute Gasteiger partial charge is 0.461 e. The second-order valence-corrected chi connectivity index (χ2v) is 6.63. The number of rotatable bonds is 5. The van der Waals surface area contributed by atoms with Crippen molar-refractivity contribution in [3.8, 4) is 28.7 Å². The Labute approximate surface area is 167 Å². The van der Waals surface area contributed by atoms with E-state index in [4.69, 9.17) is 9.26 Å². The number of aryl methyl sites for hydroxylation is 2. The van der Waals surface area contributed by atoms with E-state index >= 15 is 0 Å². The van der Waals surface area contributed by atoms with Gasteiger partial charge in [0.15, 0.2) is 5.69 Å². The van der Waals surface area contributed by atoms with E-state index in [2.05, 4.69) is 15.2 Å². The molecule has 0 saturated heterocycles. The standard InChI is InChI=1S/C22H20N4O3/c1-4-28-22(27)17-13-19(26(24-17)18-11-6-5-9-15(18)3)21-23-20(25-29-21)16-10-7-8-14(2)12-16/h5-13H,4H2,1-3H3. The Hall–Kier alpha value is -3.74. The van der Waals surface area contributed by atoms with Gasteiger partial charge in [0.2, 0.25) is 5.82 Å². The van der Waals surface area contributed by atoms with Crippen molar-refractivity contribution in [3.05, 3.63) is 71.4 Å². The molecule has 4 rings (SSSR count). The van der Waals surface area contributed by atoms with E-state index < -0.39 is 5.97 Å². The van der Waals surface area contributed by atoms with Crippen LogP contribution < -0.4 is 0 Å². The molecule has 0 atom stereocenters. The maximum Gasteiger partial charge on any atom is 0.358 e. The van der Waals surface area contributed by atoms with Crippen molar-refractivity contribution < 1.29 is 14.1 Å². The molecule has 0 bridgehead atoms. The third-order valence-corrected chi connectivity index (χ3v) is 4.46. The lowest BCUT2D eigenvalue weighted by molar-refractivity contribution is 0.0519. The highest BCUT2D eigenvalue weighted by Gasteiger charge is 2.22. The second-order valence-electron chi connectivity index (χ2n) is 6.63. The average molecular weight is 388 g/mol. The van der Waals surface area contributed by atoms with Crippen molar-refractivity contribution in [1.29, 1.82) is 0 Å². The van der Waals surface area contributed by atoms with Crippen molar-refractivity contribution in [2.45, 2.75) is 20.8 Å². The summed E-state index contributed by atoms with van der Waals surface area (Å²) in [5.74, 6) is 0.242. The van der Waals surface area contributed by atoms with Gasteiger partial charge in [0.25, 0.3) is 5.89 Å². The molecule has 0 aliphatic rings. The summed E-state index contributed by atoms with van der Waals surface area (Å²) in [7, 11) is 0. The number of carbonyl (C=O) groups is 1. The van der Waals surface area contributed by atoms with Crippen LogP contribution in [0.1, 0.15) is 28.5 Å². The van der Waals surface area contributed by atoms with E-state index in [9.17, 15) is 4.79 Å². The molecule has 2 aromatic carbocycles. The molecule has 0 spiro atoms. The molecule has 29 heavy (non-hydrogen) atoms. The molecule has 7 heteroatoms. The Morgan fingerprint density at radius 1 is 1.10 bits per heavy atom. The molecule has 2 aromatic heterocycles. The van der Waals surface area contributed by atoms with Gasteiger partial charge in [-0.25, -0.2) is 9.48 Å². The fourth-order valence-electron chi connectivity index (χ4n) is 3.05. The van der Waals surface area contributed by atoms with Crippen LogP contribution in [-0.4, -0.2) is 32.5 Å². The van der Waals surface area contributed by atoms with Gasteiger partial charge in [0, 0.05) is 11.6 Å². The van der Waals surface area contributed by atoms with Crippen LogP contribution >= 0.6 is 0 Å². The maximum absolute atomic E-state index is 12.3. The Balaban J connectivity index is 1.82. The molecular weight excluding hydrogens is 368 g/mol. The molecule has 0 radical (unpaired) electrons. The van der Waals surface area contributed by atoms with Crippen molar-refractivity contribution in [3.63, 3.8) is 0 Å². The lowest BCUT2D eigenvalue weighted by Gasteiger charge is -2.07.